The zero-order chi connectivity index (χ0) is 13.7. The highest BCUT2D eigenvalue weighted by molar-refractivity contribution is 5.90. The highest BCUT2D eigenvalue weighted by Crippen LogP contribution is 2.21. The lowest BCUT2D eigenvalue weighted by Gasteiger charge is -2.11. The molecule has 1 amide bonds. The van der Waals surface area contributed by atoms with E-state index in [1.165, 1.54) is 13.8 Å². The molecule has 0 spiro atoms. The molecule has 94 valence electrons. The Hall–Kier alpha value is -2.35. The van der Waals surface area contributed by atoms with Gasteiger partial charge in [-0.3, -0.25) is 9.59 Å². The number of ether oxygens (including phenoxy) is 1. The summed E-state index contributed by atoms with van der Waals surface area (Å²) in [5.74, 6) is -0.613. The minimum atomic E-state index is -0.376. The zero-order valence-corrected chi connectivity index (χ0v) is 10.5. The third kappa shape index (κ3) is 3.59. The van der Waals surface area contributed by atoms with Gasteiger partial charge >= 0.3 is 5.97 Å². The average Bonchev–Trinajstić information content (AvgIpc) is 2.27. The van der Waals surface area contributed by atoms with Crippen molar-refractivity contribution in [3.8, 4) is 6.07 Å². The van der Waals surface area contributed by atoms with Gasteiger partial charge in [0, 0.05) is 13.8 Å². The van der Waals surface area contributed by atoms with Crippen molar-refractivity contribution in [1.29, 1.82) is 5.26 Å². The lowest BCUT2D eigenvalue weighted by molar-refractivity contribution is -0.142. The molecule has 0 aliphatic heterocycles. The molecule has 5 heteroatoms. The number of amides is 1. The molecule has 18 heavy (non-hydrogen) atoms. The second kappa shape index (κ2) is 5.82. The summed E-state index contributed by atoms with van der Waals surface area (Å²) >= 11 is 0. The van der Waals surface area contributed by atoms with Gasteiger partial charge < -0.3 is 10.1 Å². The number of hydrogen-bond donors (Lipinski definition) is 1. The van der Waals surface area contributed by atoms with E-state index in [2.05, 4.69) is 5.32 Å². The Labute approximate surface area is 105 Å². The van der Waals surface area contributed by atoms with E-state index in [-0.39, 0.29) is 18.5 Å². The van der Waals surface area contributed by atoms with Gasteiger partial charge in [-0.25, -0.2) is 0 Å². The summed E-state index contributed by atoms with van der Waals surface area (Å²) in [5.41, 5.74) is 2.40. The fraction of sp³-hybridized carbons (Fsp3) is 0.308. The van der Waals surface area contributed by atoms with Gasteiger partial charge in [-0.15, -0.1) is 0 Å². The number of anilines is 1. The number of esters is 1. The molecule has 5 nitrogen and oxygen atoms in total. The summed E-state index contributed by atoms with van der Waals surface area (Å²) in [4.78, 5) is 21.8. The van der Waals surface area contributed by atoms with Crippen molar-refractivity contribution >= 4 is 17.6 Å². The maximum atomic E-state index is 11.0. The van der Waals surface area contributed by atoms with Crippen LogP contribution in [0.4, 0.5) is 5.69 Å². The van der Waals surface area contributed by atoms with E-state index < -0.39 is 0 Å². The fourth-order valence-corrected chi connectivity index (χ4v) is 1.47. The van der Waals surface area contributed by atoms with Crippen LogP contribution in [-0.4, -0.2) is 11.9 Å². The summed E-state index contributed by atoms with van der Waals surface area (Å²) in [7, 11) is 0. The first kappa shape index (κ1) is 13.7. The highest BCUT2D eigenvalue weighted by atomic mass is 16.5. The Balaban J connectivity index is 3.06. The van der Waals surface area contributed by atoms with Gasteiger partial charge in [-0.1, -0.05) is 0 Å². The molecular weight excluding hydrogens is 232 g/mol. The van der Waals surface area contributed by atoms with Crippen molar-refractivity contribution in [2.75, 3.05) is 5.32 Å². The lowest BCUT2D eigenvalue weighted by atomic mass is 10.0. The van der Waals surface area contributed by atoms with E-state index in [4.69, 9.17) is 10.00 Å². The minimum absolute atomic E-state index is 0.121. The normalized spacial score (nSPS) is 9.44. The molecule has 1 N–H and O–H groups in total. The predicted molar refractivity (Wildman–Crippen MR) is 65.7 cm³/mol. The maximum absolute atomic E-state index is 11.0. The Bertz CT molecular complexity index is 530. The molecule has 1 aromatic rings. The summed E-state index contributed by atoms with van der Waals surface area (Å²) in [5, 5.41) is 11.6. The maximum Gasteiger partial charge on any atom is 0.302 e. The summed E-state index contributed by atoms with van der Waals surface area (Å²) < 4.78 is 4.89. The van der Waals surface area contributed by atoms with Crippen LogP contribution < -0.4 is 5.32 Å². The smallest absolute Gasteiger partial charge is 0.302 e. The monoisotopic (exact) mass is 246 g/mol. The number of benzene rings is 1. The van der Waals surface area contributed by atoms with Crippen molar-refractivity contribution < 1.29 is 14.3 Å². The SMILES string of the molecule is CC(=O)Nc1cc(C)c(COC(C)=O)cc1C#N. The van der Waals surface area contributed by atoms with Crippen molar-refractivity contribution in [2.45, 2.75) is 27.4 Å². The predicted octanol–water partition coefficient (Wildman–Crippen LogP) is 1.89. The Morgan fingerprint density at radius 3 is 2.56 bits per heavy atom. The standard InChI is InChI=1S/C13H14N2O3/c1-8-4-13(15-9(2)16)11(6-14)5-12(8)7-18-10(3)17/h4-5H,7H2,1-3H3,(H,15,16). The van der Waals surface area contributed by atoms with Crippen LogP contribution in [0.15, 0.2) is 12.1 Å². The van der Waals surface area contributed by atoms with Crippen molar-refractivity contribution in [3.63, 3.8) is 0 Å². The molecule has 0 saturated heterocycles. The van der Waals surface area contributed by atoms with Crippen LogP contribution >= 0.6 is 0 Å². The van der Waals surface area contributed by atoms with Crippen LogP contribution in [0, 0.1) is 18.3 Å². The second-order valence-electron chi connectivity index (χ2n) is 3.90. The van der Waals surface area contributed by atoms with Crippen LogP contribution in [0.3, 0.4) is 0 Å². The van der Waals surface area contributed by atoms with Gasteiger partial charge in [0.25, 0.3) is 0 Å². The molecule has 0 heterocycles. The number of carbonyl (C=O) groups is 2. The zero-order valence-electron chi connectivity index (χ0n) is 10.5. The van der Waals surface area contributed by atoms with E-state index in [9.17, 15) is 9.59 Å². The summed E-state index contributed by atoms with van der Waals surface area (Å²) in [6, 6.07) is 5.31. The molecule has 0 radical (unpaired) electrons. The van der Waals surface area contributed by atoms with Gasteiger partial charge in [0.05, 0.1) is 11.3 Å². The van der Waals surface area contributed by atoms with Crippen LogP contribution in [0.5, 0.6) is 0 Å². The molecular formula is C13H14N2O3. The van der Waals surface area contributed by atoms with Gasteiger partial charge in [-0.2, -0.15) is 5.26 Å². The summed E-state index contributed by atoms with van der Waals surface area (Å²) in [6.07, 6.45) is 0. The molecule has 0 aliphatic rings. The van der Waals surface area contributed by atoms with Gasteiger partial charge in [0.15, 0.2) is 0 Å². The Kier molecular flexibility index (Phi) is 4.44. The van der Waals surface area contributed by atoms with Crippen LogP contribution in [-0.2, 0) is 20.9 Å². The molecule has 0 saturated carbocycles. The third-order valence-electron chi connectivity index (χ3n) is 2.34. The number of carbonyl (C=O) groups excluding carboxylic acids is 2. The van der Waals surface area contributed by atoms with Crippen molar-refractivity contribution in [1.82, 2.24) is 0 Å². The molecule has 0 bridgehead atoms. The van der Waals surface area contributed by atoms with E-state index in [0.29, 0.717) is 11.3 Å². The number of aryl methyl sites for hydroxylation is 1. The molecule has 1 aromatic carbocycles. The largest absolute Gasteiger partial charge is 0.461 e. The van der Waals surface area contributed by atoms with Crippen LogP contribution in [0.1, 0.15) is 30.5 Å². The van der Waals surface area contributed by atoms with Crippen molar-refractivity contribution in [2.24, 2.45) is 0 Å². The van der Waals surface area contributed by atoms with Gasteiger partial charge in [-0.05, 0) is 30.2 Å². The number of nitrogens with zero attached hydrogens (tertiary/aromatic N) is 1. The number of rotatable bonds is 3. The summed E-state index contributed by atoms with van der Waals surface area (Å²) in [6.45, 7) is 4.65. The molecule has 0 aliphatic carbocycles. The molecule has 0 unspecified atom stereocenters. The molecule has 1 rings (SSSR count). The topological polar surface area (TPSA) is 79.2 Å². The Morgan fingerprint density at radius 1 is 1.39 bits per heavy atom. The number of hydrogen-bond acceptors (Lipinski definition) is 4. The van der Waals surface area contributed by atoms with Crippen LogP contribution in [0.25, 0.3) is 0 Å². The number of nitriles is 1. The number of nitrogens with one attached hydrogen (secondary N) is 1. The van der Waals surface area contributed by atoms with E-state index in [0.717, 1.165) is 11.1 Å². The third-order valence-corrected chi connectivity index (χ3v) is 2.34. The lowest BCUT2D eigenvalue weighted by Crippen LogP contribution is -2.09. The van der Waals surface area contributed by atoms with E-state index in [1.807, 2.05) is 13.0 Å². The first-order valence-electron chi connectivity index (χ1n) is 5.38. The van der Waals surface area contributed by atoms with E-state index >= 15 is 0 Å². The molecule has 0 fully saturated rings. The van der Waals surface area contributed by atoms with Crippen molar-refractivity contribution in [3.05, 3.63) is 28.8 Å². The van der Waals surface area contributed by atoms with Gasteiger partial charge in [0.2, 0.25) is 5.91 Å². The first-order chi connectivity index (χ1) is 8.43. The first-order valence-corrected chi connectivity index (χ1v) is 5.38. The highest BCUT2D eigenvalue weighted by Gasteiger charge is 2.09. The average molecular weight is 246 g/mol. The Morgan fingerprint density at radius 2 is 2.06 bits per heavy atom. The van der Waals surface area contributed by atoms with Gasteiger partial charge in [0.1, 0.15) is 12.7 Å². The molecule has 0 atom stereocenters. The fourth-order valence-electron chi connectivity index (χ4n) is 1.47. The minimum Gasteiger partial charge on any atom is -0.461 e. The van der Waals surface area contributed by atoms with Crippen LogP contribution in [0.2, 0.25) is 0 Å². The quantitative estimate of drug-likeness (QED) is 0.826. The molecule has 0 aromatic heterocycles. The van der Waals surface area contributed by atoms with E-state index in [1.54, 1.807) is 12.1 Å². The second-order valence-corrected chi connectivity index (χ2v) is 3.90.